The molecule has 0 radical (unpaired) electrons. The molecule has 0 fully saturated rings. The lowest BCUT2D eigenvalue weighted by atomic mass is 10.1. The average molecular weight is 441 g/mol. The highest BCUT2D eigenvalue weighted by Crippen LogP contribution is 2.18. The second kappa shape index (κ2) is 13.4. The van der Waals surface area contributed by atoms with Crippen molar-refractivity contribution in [2.24, 2.45) is 0 Å². The first kappa shape index (κ1) is 25.2. The van der Waals surface area contributed by atoms with Gasteiger partial charge in [-0.3, -0.25) is 9.59 Å². The molecule has 0 bridgehead atoms. The van der Waals surface area contributed by atoms with E-state index in [1.54, 1.807) is 18.9 Å². The number of aryl methyl sites for hydroxylation is 1. The molecule has 0 spiro atoms. The Morgan fingerprint density at radius 1 is 1.00 bits per heavy atom. The Morgan fingerprint density at radius 2 is 1.66 bits per heavy atom. The molecule has 2 rings (SSSR count). The van der Waals surface area contributed by atoms with Gasteiger partial charge in [0.05, 0.1) is 13.7 Å². The molecule has 32 heavy (non-hydrogen) atoms. The summed E-state index contributed by atoms with van der Waals surface area (Å²) in [5, 5.41) is 2.94. The second-order valence-electron chi connectivity index (χ2n) is 7.96. The Hall–Kier alpha value is -3.02. The number of carbonyl (C=O) groups is 2. The first-order valence-corrected chi connectivity index (χ1v) is 11.3. The van der Waals surface area contributed by atoms with Gasteiger partial charge in [-0.15, -0.1) is 0 Å². The number of hydrogen-bond acceptors (Lipinski definition) is 4. The molecule has 0 aliphatic carbocycles. The summed E-state index contributed by atoms with van der Waals surface area (Å²) in [5.74, 6) is 1.33. The molecule has 1 N–H and O–H groups in total. The lowest BCUT2D eigenvalue weighted by Gasteiger charge is -2.29. The van der Waals surface area contributed by atoms with Crippen LogP contribution in [0.15, 0.2) is 48.5 Å². The maximum Gasteiger partial charge on any atom is 0.242 e. The highest BCUT2D eigenvalue weighted by molar-refractivity contribution is 5.87. The van der Waals surface area contributed by atoms with Crippen molar-refractivity contribution < 1.29 is 19.1 Å². The van der Waals surface area contributed by atoms with Crippen molar-refractivity contribution in [3.8, 4) is 11.5 Å². The van der Waals surface area contributed by atoms with Crippen molar-refractivity contribution >= 4 is 11.8 Å². The molecule has 6 heteroatoms. The third kappa shape index (κ3) is 8.25. The number of methoxy groups -OCH3 is 1. The first-order valence-electron chi connectivity index (χ1n) is 11.3. The van der Waals surface area contributed by atoms with E-state index in [2.05, 4.69) is 12.2 Å². The van der Waals surface area contributed by atoms with Gasteiger partial charge in [0.1, 0.15) is 17.5 Å². The molecule has 6 nitrogen and oxygen atoms in total. The molecule has 174 valence electrons. The summed E-state index contributed by atoms with van der Waals surface area (Å²) < 4.78 is 10.9. The maximum atomic E-state index is 13.1. The normalized spacial score (nSPS) is 11.5. The SMILES string of the molecule is CCCCNC(=O)C(C)N(Cc1ccc(C)cc1)C(=O)CCCOc1ccc(OC)cc1. The van der Waals surface area contributed by atoms with Crippen molar-refractivity contribution in [3.05, 3.63) is 59.7 Å². The average Bonchev–Trinajstić information content (AvgIpc) is 2.81. The summed E-state index contributed by atoms with van der Waals surface area (Å²) >= 11 is 0. The molecule has 0 heterocycles. The Morgan fingerprint density at radius 3 is 2.28 bits per heavy atom. The molecule has 2 aromatic carbocycles. The number of hydrogen-bond donors (Lipinski definition) is 1. The molecule has 0 aliphatic heterocycles. The van der Waals surface area contributed by atoms with Crippen LogP contribution in [0.25, 0.3) is 0 Å². The fourth-order valence-electron chi connectivity index (χ4n) is 3.24. The van der Waals surface area contributed by atoms with Crippen LogP contribution in [-0.2, 0) is 16.1 Å². The van der Waals surface area contributed by atoms with Crippen LogP contribution in [0.5, 0.6) is 11.5 Å². The van der Waals surface area contributed by atoms with Gasteiger partial charge in [0.25, 0.3) is 0 Å². The zero-order chi connectivity index (χ0) is 23.3. The van der Waals surface area contributed by atoms with Crippen molar-refractivity contribution in [1.29, 1.82) is 0 Å². The van der Waals surface area contributed by atoms with Gasteiger partial charge in [-0.2, -0.15) is 0 Å². The molecule has 2 aromatic rings. The predicted octanol–water partition coefficient (Wildman–Crippen LogP) is 4.50. The smallest absolute Gasteiger partial charge is 0.242 e. The van der Waals surface area contributed by atoms with Gasteiger partial charge in [-0.25, -0.2) is 0 Å². The topological polar surface area (TPSA) is 67.9 Å². The monoisotopic (exact) mass is 440 g/mol. The Balaban J connectivity index is 1.95. The molecule has 0 saturated carbocycles. The van der Waals surface area contributed by atoms with E-state index in [-0.39, 0.29) is 11.8 Å². The molecule has 1 atom stereocenters. The van der Waals surface area contributed by atoms with Gasteiger partial charge in [0.2, 0.25) is 11.8 Å². The summed E-state index contributed by atoms with van der Waals surface area (Å²) in [6.07, 6.45) is 2.82. The summed E-state index contributed by atoms with van der Waals surface area (Å²) in [4.78, 5) is 27.4. The van der Waals surface area contributed by atoms with E-state index >= 15 is 0 Å². The third-order valence-electron chi connectivity index (χ3n) is 5.33. The van der Waals surface area contributed by atoms with E-state index < -0.39 is 6.04 Å². The van der Waals surface area contributed by atoms with Crippen molar-refractivity contribution in [3.63, 3.8) is 0 Å². The van der Waals surface area contributed by atoms with Crippen LogP contribution >= 0.6 is 0 Å². The van der Waals surface area contributed by atoms with Crippen molar-refractivity contribution in [2.45, 2.75) is 59.0 Å². The number of benzene rings is 2. The van der Waals surface area contributed by atoms with Gasteiger partial charge < -0.3 is 19.7 Å². The maximum absolute atomic E-state index is 13.1. The molecule has 0 saturated heterocycles. The fourth-order valence-corrected chi connectivity index (χ4v) is 3.24. The zero-order valence-corrected chi connectivity index (χ0v) is 19.7. The number of nitrogens with one attached hydrogen (secondary N) is 1. The van der Waals surface area contributed by atoms with Crippen LogP contribution in [0.1, 0.15) is 50.7 Å². The van der Waals surface area contributed by atoms with Gasteiger partial charge >= 0.3 is 0 Å². The molecule has 2 amide bonds. The minimum absolute atomic E-state index is 0.0537. The largest absolute Gasteiger partial charge is 0.497 e. The van der Waals surface area contributed by atoms with Crippen LogP contribution < -0.4 is 14.8 Å². The van der Waals surface area contributed by atoms with Gasteiger partial charge in [-0.05, 0) is 56.5 Å². The fraction of sp³-hybridized carbons (Fsp3) is 0.462. The second-order valence-corrected chi connectivity index (χ2v) is 7.96. The van der Waals surface area contributed by atoms with Crippen LogP contribution in [0, 0.1) is 6.92 Å². The Kier molecular flexibility index (Phi) is 10.6. The van der Waals surface area contributed by atoms with E-state index in [1.807, 2.05) is 55.5 Å². The summed E-state index contributed by atoms with van der Waals surface area (Å²) in [6.45, 7) is 7.35. The Bertz CT molecular complexity index is 834. The summed E-state index contributed by atoms with van der Waals surface area (Å²) in [6, 6.07) is 14.9. The van der Waals surface area contributed by atoms with Gasteiger partial charge in [-0.1, -0.05) is 43.2 Å². The Labute approximate surface area is 191 Å². The van der Waals surface area contributed by atoms with Gasteiger partial charge in [0, 0.05) is 19.5 Å². The van der Waals surface area contributed by atoms with Crippen LogP contribution in [-0.4, -0.2) is 43.0 Å². The minimum Gasteiger partial charge on any atom is -0.497 e. The van der Waals surface area contributed by atoms with E-state index in [0.717, 1.165) is 35.5 Å². The zero-order valence-electron chi connectivity index (χ0n) is 19.7. The van der Waals surface area contributed by atoms with Crippen LogP contribution in [0.2, 0.25) is 0 Å². The summed E-state index contributed by atoms with van der Waals surface area (Å²) in [5.41, 5.74) is 2.17. The number of amides is 2. The van der Waals surface area contributed by atoms with E-state index in [0.29, 0.717) is 32.5 Å². The lowest BCUT2D eigenvalue weighted by Crippen LogP contribution is -2.47. The highest BCUT2D eigenvalue weighted by atomic mass is 16.5. The van der Waals surface area contributed by atoms with Crippen molar-refractivity contribution in [1.82, 2.24) is 10.2 Å². The van der Waals surface area contributed by atoms with E-state index in [9.17, 15) is 9.59 Å². The highest BCUT2D eigenvalue weighted by Gasteiger charge is 2.25. The third-order valence-corrected chi connectivity index (χ3v) is 5.33. The molecule has 1 unspecified atom stereocenters. The molecule has 0 aliphatic rings. The lowest BCUT2D eigenvalue weighted by molar-refractivity contribution is -0.140. The molecular weight excluding hydrogens is 404 g/mol. The minimum atomic E-state index is -0.539. The predicted molar refractivity (Wildman–Crippen MR) is 127 cm³/mol. The number of rotatable bonds is 13. The molecular formula is C26H36N2O4. The number of carbonyl (C=O) groups excluding carboxylic acids is 2. The van der Waals surface area contributed by atoms with Crippen LogP contribution in [0.3, 0.4) is 0 Å². The van der Waals surface area contributed by atoms with E-state index in [4.69, 9.17) is 9.47 Å². The number of ether oxygens (including phenoxy) is 2. The quantitative estimate of drug-likeness (QED) is 0.466. The standard InChI is InChI=1S/C26H36N2O4/c1-5-6-17-27-26(30)21(3)28(19-22-11-9-20(2)10-12-22)25(29)8-7-18-32-24-15-13-23(31-4)14-16-24/h9-16,21H,5-8,17-19H2,1-4H3,(H,27,30). The summed E-state index contributed by atoms with van der Waals surface area (Å²) in [7, 11) is 1.62. The number of nitrogens with zero attached hydrogens (tertiary/aromatic N) is 1. The van der Waals surface area contributed by atoms with E-state index in [1.165, 1.54) is 0 Å². The van der Waals surface area contributed by atoms with Crippen molar-refractivity contribution in [2.75, 3.05) is 20.3 Å². The first-order chi connectivity index (χ1) is 15.4. The molecule has 0 aromatic heterocycles. The van der Waals surface area contributed by atoms with Crippen LogP contribution in [0.4, 0.5) is 0 Å². The van der Waals surface area contributed by atoms with Gasteiger partial charge in [0.15, 0.2) is 0 Å². The number of unbranched alkanes of at least 4 members (excludes halogenated alkanes) is 1.